The number of nitrogens with zero attached hydrogens (tertiary/aromatic N) is 2. The van der Waals surface area contributed by atoms with Crippen molar-refractivity contribution >= 4 is 86.7 Å². The van der Waals surface area contributed by atoms with Gasteiger partial charge in [0.05, 0.1) is 27.8 Å². The number of hydrogen-bond donors (Lipinski definition) is 0. The SMILES string of the molecule is c1cc2cccc3c4cc(-n5c6ccccc6c6cccc(-n7c8ccccc8c8ccccc87)c65)cc5cccc(c(c1)c23)c54. The molecule has 0 aliphatic carbocycles. The van der Waals surface area contributed by atoms with Crippen molar-refractivity contribution in [2.24, 2.45) is 0 Å². The molecular formula is C44H26N2. The van der Waals surface area contributed by atoms with Gasteiger partial charge in [-0.05, 0) is 79.5 Å². The predicted octanol–water partition coefficient (Wildman–Crippen LogP) is 11.9. The van der Waals surface area contributed by atoms with Crippen LogP contribution in [-0.4, -0.2) is 9.13 Å². The number of hydrogen-bond acceptors (Lipinski definition) is 0. The topological polar surface area (TPSA) is 9.86 Å². The van der Waals surface area contributed by atoms with Gasteiger partial charge in [0.15, 0.2) is 0 Å². The number of aromatic nitrogens is 2. The average Bonchev–Trinajstić information content (AvgIpc) is 3.63. The zero-order chi connectivity index (χ0) is 29.9. The van der Waals surface area contributed by atoms with E-state index in [1.54, 1.807) is 0 Å². The van der Waals surface area contributed by atoms with Crippen LogP contribution in [0.25, 0.3) is 98.1 Å². The Morgan fingerprint density at radius 1 is 0.304 bits per heavy atom. The molecule has 0 unspecified atom stereocenters. The van der Waals surface area contributed by atoms with Crippen LogP contribution < -0.4 is 0 Å². The van der Waals surface area contributed by atoms with E-state index in [0.717, 1.165) is 0 Å². The number of benzene rings is 9. The molecule has 0 bridgehead atoms. The Morgan fingerprint density at radius 3 is 1.41 bits per heavy atom. The summed E-state index contributed by atoms with van der Waals surface area (Å²) < 4.78 is 4.97. The lowest BCUT2D eigenvalue weighted by molar-refractivity contribution is 1.13. The summed E-state index contributed by atoms with van der Waals surface area (Å²) in [7, 11) is 0. The number of rotatable bonds is 2. The first-order chi connectivity index (χ1) is 22.8. The Kier molecular flexibility index (Phi) is 4.61. The maximum atomic E-state index is 2.51. The van der Waals surface area contributed by atoms with Gasteiger partial charge >= 0.3 is 0 Å². The molecule has 0 spiro atoms. The molecule has 9 aromatic carbocycles. The van der Waals surface area contributed by atoms with Crippen molar-refractivity contribution in [3.8, 4) is 11.4 Å². The Bertz CT molecular complexity index is 2970. The molecule has 0 N–H and O–H groups in total. The van der Waals surface area contributed by atoms with Gasteiger partial charge in [0, 0.05) is 27.2 Å². The van der Waals surface area contributed by atoms with Crippen LogP contribution in [-0.2, 0) is 0 Å². The fourth-order valence-corrected chi connectivity index (χ4v) is 8.40. The molecule has 11 rings (SSSR count). The van der Waals surface area contributed by atoms with Gasteiger partial charge in [-0.3, -0.25) is 0 Å². The van der Waals surface area contributed by atoms with Crippen LogP contribution in [0.1, 0.15) is 0 Å². The van der Waals surface area contributed by atoms with Crippen molar-refractivity contribution in [1.29, 1.82) is 0 Å². The molecule has 0 aliphatic rings. The lowest BCUT2D eigenvalue weighted by Crippen LogP contribution is -2.01. The highest BCUT2D eigenvalue weighted by molar-refractivity contribution is 6.33. The molecular weight excluding hydrogens is 556 g/mol. The lowest BCUT2D eigenvalue weighted by Gasteiger charge is -2.18. The summed E-state index contributed by atoms with van der Waals surface area (Å²) in [5, 5.41) is 15.5. The Hall–Kier alpha value is -6.12. The minimum absolute atomic E-state index is 1.18. The molecule has 2 heterocycles. The summed E-state index contributed by atoms with van der Waals surface area (Å²) >= 11 is 0. The summed E-state index contributed by atoms with van der Waals surface area (Å²) in [6, 6.07) is 58.3. The van der Waals surface area contributed by atoms with Gasteiger partial charge in [-0.2, -0.15) is 0 Å². The molecule has 0 atom stereocenters. The van der Waals surface area contributed by atoms with E-state index in [1.165, 1.54) is 98.1 Å². The smallest absolute Gasteiger partial charge is 0.0782 e. The summed E-state index contributed by atoms with van der Waals surface area (Å²) in [5.41, 5.74) is 7.22. The first-order valence-corrected chi connectivity index (χ1v) is 16.0. The highest BCUT2D eigenvalue weighted by Gasteiger charge is 2.21. The van der Waals surface area contributed by atoms with E-state index in [0.29, 0.717) is 0 Å². The fraction of sp³-hybridized carbons (Fsp3) is 0. The van der Waals surface area contributed by atoms with Crippen LogP contribution in [0.2, 0.25) is 0 Å². The Labute approximate surface area is 264 Å². The molecule has 2 heteroatoms. The largest absolute Gasteiger partial charge is 0.307 e. The first kappa shape index (κ1) is 24.2. The van der Waals surface area contributed by atoms with Crippen LogP contribution >= 0.6 is 0 Å². The molecule has 0 amide bonds. The minimum Gasteiger partial charge on any atom is -0.307 e. The molecule has 212 valence electrons. The zero-order valence-corrected chi connectivity index (χ0v) is 24.9. The van der Waals surface area contributed by atoms with Gasteiger partial charge in [0.1, 0.15) is 0 Å². The summed E-state index contributed by atoms with van der Waals surface area (Å²) in [4.78, 5) is 0. The molecule has 46 heavy (non-hydrogen) atoms. The van der Waals surface area contributed by atoms with Crippen LogP contribution in [0.4, 0.5) is 0 Å². The van der Waals surface area contributed by atoms with Gasteiger partial charge < -0.3 is 9.13 Å². The monoisotopic (exact) mass is 582 g/mol. The summed E-state index contributed by atoms with van der Waals surface area (Å²) in [6.45, 7) is 0. The molecule has 0 saturated carbocycles. The van der Waals surface area contributed by atoms with Gasteiger partial charge in [-0.1, -0.05) is 121 Å². The molecule has 0 fully saturated rings. The van der Waals surface area contributed by atoms with Gasteiger partial charge in [-0.15, -0.1) is 0 Å². The van der Waals surface area contributed by atoms with E-state index in [1.807, 2.05) is 0 Å². The summed E-state index contributed by atoms with van der Waals surface area (Å²) in [5.74, 6) is 0. The van der Waals surface area contributed by atoms with Crippen LogP contribution in [0.5, 0.6) is 0 Å². The third-order valence-corrected chi connectivity index (χ3v) is 10.2. The third kappa shape index (κ3) is 3.01. The first-order valence-electron chi connectivity index (χ1n) is 16.0. The quantitative estimate of drug-likeness (QED) is 0.142. The summed E-state index contributed by atoms with van der Waals surface area (Å²) in [6.07, 6.45) is 0. The van der Waals surface area contributed by atoms with Gasteiger partial charge in [0.2, 0.25) is 0 Å². The van der Waals surface area contributed by atoms with Crippen molar-refractivity contribution < 1.29 is 0 Å². The normalized spacial score (nSPS) is 12.3. The van der Waals surface area contributed by atoms with E-state index < -0.39 is 0 Å². The standard InChI is InChI=1S/C44H26N2/c1-5-22-39-30(14-1)31-15-2-6-23-40(31)46(39)41-24-10-20-36-32-16-3-4-21-38(32)45(44(36)41)29-25-28-13-9-18-34-33-17-7-11-27-12-8-19-35(42(27)33)37(26-29)43(28)34/h1-26H. The molecule has 2 aromatic heterocycles. The van der Waals surface area contributed by atoms with Gasteiger partial charge in [-0.25, -0.2) is 0 Å². The van der Waals surface area contributed by atoms with Crippen LogP contribution in [0.15, 0.2) is 158 Å². The van der Waals surface area contributed by atoms with Crippen molar-refractivity contribution in [3.05, 3.63) is 158 Å². The second kappa shape index (κ2) is 8.74. The van der Waals surface area contributed by atoms with E-state index in [9.17, 15) is 0 Å². The molecule has 0 aliphatic heterocycles. The maximum absolute atomic E-state index is 2.51. The average molecular weight is 583 g/mol. The minimum atomic E-state index is 1.18. The second-order valence-corrected chi connectivity index (χ2v) is 12.5. The zero-order valence-electron chi connectivity index (χ0n) is 24.9. The fourth-order valence-electron chi connectivity index (χ4n) is 8.40. The van der Waals surface area contributed by atoms with E-state index in [2.05, 4.69) is 167 Å². The van der Waals surface area contributed by atoms with E-state index >= 15 is 0 Å². The Balaban J connectivity index is 1.34. The van der Waals surface area contributed by atoms with Crippen molar-refractivity contribution in [2.75, 3.05) is 0 Å². The number of fused-ring (bicyclic) bond motifs is 8. The highest BCUT2D eigenvalue weighted by atomic mass is 15.1. The van der Waals surface area contributed by atoms with Crippen LogP contribution in [0, 0.1) is 0 Å². The molecule has 2 nitrogen and oxygen atoms in total. The molecule has 0 radical (unpaired) electrons. The van der Waals surface area contributed by atoms with Crippen LogP contribution in [0.3, 0.4) is 0 Å². The molecule has 0 saturated heterocycles. The van der Waals surface area contributed by atoms with Gasteiger partial charge in [0.25, 0.3) is 0 Å². The predicted molar refractivity (Wildman–Crippen MR) is 196 cm³/mol. The maximum Gasteiger partial charge on any atom is 0.0782 e. The second-order valence-electron chi connectivity index (χ2n) is 12.5. The Morgan fingerprint density at radius 2 is 0.761 bits per heavy atom. The van der Waals surface area contributed by atoms with E-state index in [4.69, 9.17) is 0 Å². The van der Waals surface area contributed by atoms with Crippen molar-refractivity contribution in [3.63, 3.8) is 0 Å². The number of para-hydroxylation sites is 4. The van der Waals surface area contributed by atoms with E-state index in [-0.39, 0.29) is 0 Å². The third-order valence-electron chi connectivity index (χ3n) is 10.2. The van der Waals surface area contributed by atoms with Crippen molar-refractivity contribution in [1.82, 2.24) is 9.13 Å². The lowest BCUT2D eigenvalue weighted by atomic mass is 9.89. The van der Waals surface area contributed by atoms with Crippen molar-refractivity contribution in [2.45, 2.75) is 0 Å². The highest BCUT2D eigenvalue weighted by Crippen LogP contribution is 2.44. The molecule has 11 aromatic rings.